The Morgan fingerprint density at radius 3 is 2.32 bits per heavy atom. The number of carbonyl (C=O) groups excluding carboxylic acids is 1. The summed E-state index contributed by atoms with van der Waals surface area (Å²) in [5, 5.41) is 10.4. The van der Waals surface area contributed by atoms with E-state index in [-0.39, 0.29) is 17.6 Å². The van der Waals surface area contributed by atoms with Gasteiger partial charge in [0.2, 0.25) is 5.91 Å². The van der Waals surface area contributed by atoms with Crippen molar-refractivity contribution in [3.8, 4) is 5.75 Å². The normalized spacial score (nSPS) is 20.1. The van der Waals surface area contributed by atoms with Gasteiger partial charge in [-0.2, -0.15) is 0 Å². The van der Waals surface area contributed by atoms with Crippen LogP contribution < -0.4 is 4.90 Å². The summed E-state index contributed by atoms with van der Waals surface area (Å²) in [7, 11) is 0. The van der Waals surface area contributed by atoms with Gasteiger partial charge in [-0.3, -0.25) is 4.79 Å². The Balaban J connectivity index is 2.13. The average Bonchev–Trinajstić information content (AvgIpc) is 2.54. The average molecular weight is 399 g/mol. The van der Waals surface area contributed by atoms with Gasteiger partial charge in [-0.25, -0.2) is 0 Å². The third kappa shape index (κ3) is 2.99. The number of aryl methyl sites for hydroxylation is 1. The Bertz CT molecular complexity index is 831. The number of aromatic hydroxyl groups is 1. The van der Waals surface area contributed by atoms with Gasteiger partial charge in [-0.1, -0.05) is 43.1 Å². The minimum atomic E-state index is -0.729. The molecule has 2 aromatic rings. The topological polar surface area (TPSA) is 40.5 Å². The number of amides is 1. The Morgan fingerprint density at radius 2 is 1.76 bits per heavy atom. The third-order valence-electron chi connectivity index (χ3n) is 4.55. The Labute approximate surface area is 162 Å². The van der Waals surface area contributed by atoms with Crippen LogP contribution in [0.2, 0.25) is 10.0 Å². The van der Waals surface area contributed by atoms with E-state index in [4.69, 9.17) is 34.8 Å². The minimum absolute atomic E-state index is 0.116. The van der Waals surface area contributed by atoms with Crippen LogP contribution in [0.25, 0.3) is 0 Å². The highest BCUT2D eigenvalue weighted by Crippen LogP contribution is 2.48. The van der Waals surface area contributed by atoms with Crippen LogP contribution in [0.5, 0.6) is 5.75 Å². The first-order chi connectivity index (χ1) is 11.7. The van der Waals surface area contributed by atoms with E-state index in [1.165, 1.54) is 0 Å². The number of rotatable bonds is 3. The van der Waals surface area contributed by atoms with Crippen molar-refractivity contribution in [2.75, 3.05) is 4.90 Å². The molecule has 0 bridgehead atoms. The lowest BCUT2D eigenvalue weighted by Gasteiger charge is -2.46. The molecule has 1 fully saturated rings. The van der Waals surface area contributed by atoms with Crippen molar-refractivity contribution in [1.82, 2.24) is 0 Å². The molecule has 6 heteroatoms. The maximum atomic E-state index is 12.5. The van der Waals surface area contributed by atoms with Crippen molar-refractivity contribution >= 4 is 46.4 Å². The molecule has 1 aliphatic rings. The van der Waals surface area contributed by atoms with Gasteiger partial charge in [0.1, 0.15) is 11.1 Å². The highest BCUT2D eigenvalue weighted by molar-refractivity contribution is 6.40. The van der Waals surface area contributed by atoms with Gasteiger partial charge in [-0.05, 0) is 48.2 Å². The van der Waals surface area contributed by atoms with Crippen molar-refractivity contribution in [3.63, 3.8) is 0 Å². The molecule has 0 aromatic heterocycles. The second-order valence-corrected chi connectivity index (χ2v) is 7.83. The van der Waals surface area contributed by atoms with Crippen LogP contribution in [0, 0.1) is 6.92 Å². The minimum Gasteiger partial charge on any atom is -0.508 e. The van der Waals surface area contributed by atoms with Crippen molar-refractivity contribution in [2.45, 2.75) is 38.1 Å². The summed E-state index contributed by atoms with van der Waals surface area (Å²) in [6.07, 6.45) is 0. The van der Waals surface area contributed by atoms with Gasteiger partial charge >= 0.3 is 0 Å². The van der Waals surface area contributed by atoms with Crippen LogP contribution in [0.1, 0.15) is 42.5 Å². The molecule has 2 unspecified atom stereocenters. The van der Waals surface area contributed by atoms with Gasteiger partial charge in [0, 0.05) is 21.3 Å². The van der Waals surface area contributed by atoms with Crippen molar-refractivity contribution in [2.24, 2.45) is 0 Å². The fraction of sp³-hybridized carbons (Fsp3) is 0.316. The molecule has 0 aliphatic carbocycles. The number of benzene rings is 2. The van der Waals surface area contributed by atoms with Crippen molar-refractivity contribution < 1.29 is 9.90 Å². The number of phenols is 1. The van der Waals surface area contributed by atoms with Crippen LogP contribution in [0.4, 0.5) is 5.69 Å². The number of β-lactam (4-membered cyclic amide) rings is 1. The Hall–Kier alpha value is -1.42. The molecule has 132 valence electrons. The summed E-state index contributed by atoms with van der Waals surface area (Å²) < 4.78 is 0. The number of anilines is 1. The lowest BCUT2D eigenvalue weighted by atomic mass is 9.90. The van der Waals surface area contributed by atoms with Crippen LogP contribution in [0.15, 0.2) is 30.3 Å². The summed E-state index contributed by atoms with van der Waals surface area (Å²) in [6.45, 7) is 5.82. The number of alkyl halides is 1. The molecule has 25 heavy (non-hydrogen) atoms. The first-order valence-corrected chi connectivity index (χ1v) is 9.17. The SMILES string of the molecule is Cc1cc(O)c(C(C)C)cc1N1C(=O)C(Cl)C1c1c(Cl)cccc1Cl. The third-order valence-corrected chi connectivity index (χ3v) is 5.64. The summed E-state index contributed by atoms with van der Waals surface area (Å²) >= 11 is 19.0. The molecular weight excluding hydrogens is 381 g/mol. The molecule has 2 atom stereocenters. The van der Waals surface area contributed by atoms with Crippen molar-refractivity contribution in [3.05, 3.63) is 57.1 Å². The molecule has 2 aromatic carbocycles. The largest absolute Gasteiger partial charge is 0.508 e. The van der Waals surface area contributed by atoms with E-state index in [9.17, 15) is 9.90 Å². The van der Waals surface area contributed by atoms with Gasteiger partial charge in [0.25, 0.3) is 0 Å². The van der Waals surface area contributed by atoms with E-state index in [1.54, 1.807) is 29.2 Å². The molecular formula is C19H18Cl3NO2. The van der Waals surface area contributed by atoms with Gasteiger partial charge in [0.15, 0.2) is 0 Å². The molecule has 3 nitrogen and oxygen atoms in total. The number of hydrogen-bond donors (Lipinski definition) is 1. The van der Waals surface area contributed by atoms with Crippen LogP contribution in [-0.4, -0.2) is 16.4 Å². The summed E-state index contributed by atoms with van der Waals surface area (Å²) in [5.41, 5.74) is 2.91. The van der Waals surface area contributed by atoms with Crippen LogP contribution in [0.3, 0.4) is 0 Å². The van der Waals surface area contributed by atoms with Crippen LogP contribution >= 0.6 is 34.8 Å². The second kappa shape index (κ2) is 6.71. The zero-order valence-electron chi connectivity index (χ0n) is 14.1. The molecule has 1 amide bonds. The summed E-state index contributed by atoms with van der Waals surface area (Å²) in [4.78, 5) is 14.1. The first-order valence-electron chi connectivity index (χ1n) is 7.98. The van der Waals surface area contributed by atoms with Crippen molar-refractivity contribution in [1.29, 1.82) is 0 Å². The highest BCUT2D eigenvalue weighted by atomic mass is 35.5. The zero-order valence-corrected chi connectivity index (χ0v) is 16.3. The van der Waals surface area contributed by atoms with Gasteiger partial charge in [-0.15, -0.1) is 11.6 Å². The van der Waals surface area contributed by atoms with E-state index in [0.717, 1.165) is 11.1 Å². The monoisotopic (exact) mass is 397 g/mol. The number of carbonyl (C=O) groups is 1. The molecule has 0 saturated carbocycles. The molecule has 1 aliphatic heterocycles. The molecule has 1 N–H and O–H groups in total. The summed E-state index contributed by atoms with van der Waals surface area (Å²) in [6, 6.07) is 8.29. The summed E-state index contributed by atoms with van der Waals surface area (Å²) in [5.74, 6) is 0.134. The quantitative estimate of drug-likeness (QED) is 0.522. The van der Waals surface area contributed by atoms with E-state index in [1.807, 2.05) is 26.8 Å². The Kier molecular flexibility index (Phi) is 4.93. The molecule has 3 rings (SSSR count). The number of nitrogens with zero attached hydrogens (tertiary/aromatic N) is 1. The van der Waals surface area contributed by atoms with Gasteiger partial charge < -0.3 is 10.0 Å². The lowest BCUT2D eigenvalue weighted by molar-refractivity contribution is -0.123. The van der Waals surface area contributed by atoms with E-state index in [2.05, 4.69) is 0 Å². The first kappa shape index (κ1) is 18.4. The molecule has 0 spiro atoms. The standard InChI is InChI=1S/C19H18Cl3NO2/c1-9(2)11-8-14(10(3)7-15(11)24)23-18(17(22)19(23)25)16-12(20)5-4-6-13(16)21/h4-9,17-18,24H,1-3H3. The number of halogens is 3. The van der Waals surface area contributed by atoms with E-state index < -0.39 is 11.4 Å². The van der Waals surface area contributed by atoms with Crippen LogP contribution in [-0.2, 0) is 4.79 Å². The maximum Gasteiger partial charge on any atom is 0.248 e. The van der Waals surface area contributed by atoms with Gasteiger partial charge in [0.05, 0.1) is 6.04 Å². The highest BCUT2D eigenvalue weighted by Gasteiger charge is 2.50. The van der Waals surface area contributed by atoms with E-state index in [0.29, 0.717) is 21.3 Å². The fourth-order valence-electron chi connectivity index (χ4n) is 3.21. The molecule has 1 saturated heterocycles. The zero-order chi connectivity index (χ0) is 18.5. The Morgan fingerprint density at radius 1 is 1.16 bits per heavy atom. The second-order valence-electron chi connectivity index (χ2n) is 6.54. The van der Waals surface area contributed by atoms with E-state index >= 15 is 0 Å². The molecule has 0 radical (unpaired) electrons. The number of phenolic OH excluding ortho intramolecular Hbond substituents is 1. The lowest BCUT2D eigenvalue weighted by Crippen LogP contribution is -2.57. The predicted molar refractivity (Wildman–Crippen MR) is 103 cm³/mol. The predicted octanol–water partition coefficient (Wildman–Crippen LogP) is 5.83. The smallest absolute Gasteiger partial charge is 0.248 e. The number of hydrogen-bond acceptors (Lipinski definition) is 2. The maximum absolute atomic E-state index is 12.5. The fourth-order valence-corrected chi connectivity index (χ4v) is 4.18. The molecule has 1 heterocycles.